The fourth-order valence-electron chi connectivity index (χ4n) is 4.35. The van der Waals surface area contributed by atoms with Gasteiger partial charge in [-0.2, -0.15) is 5.10 Å². The second-order valence-electron chi connectivity index (χ2n) is 8.89. The van der Waals surface area contributed by atoms with Crippen LogP contribution in [0.4, 0.5) is 23.2 Å². The Balaban J connectivity index is 1.76. The molecule has 34 heavy (non-hydrogen) atoms. The summed E-state index contributed by atoms with van der Waals surface area (Å²) in [5, 5.41) is 7.24. The van der Waals surface area contributed by atoms with Gasteiger partial charge in [-0.25, -0.2) is 31.1 Å². The second-order valence-corrected chi connectivity index (χ2v) is 11.3. The standard InChI is InChI=1S/C22H23F4N5O2S/c1-21(10-22(25,26)11-21)12-31-18(14-5-4-6-15(19(23)24)17(14)30-31)20(32)29-13-7-8-28-16(9-13)34(3,33)27-2/h4-9,19H,10-12H2,1-3H3,(H,28,29,32). The van der Waals surface area contributed by atoms with E-state index in [0.29, 0.717) is 0 Å². The minimum Gasteiger partial charge on any atom is -0.320 e. The van der Waals surface area contributed by atoms with Crippen LogP contribution in [-0.2, 0) is 16.3 Å². The van der Waals surface area contributed by atoms with E-state index in [9.17, 15) is 26.6 Å². The first-order valence-electron chi connectivity index (χ1n) is 10.4. The molecule has 7 nitrogen and oxygen atoms in total. The quantitative estimate of drug-likeness (QED) is 0.478. The number of carbonyl (C=O) groups excluding carboxylic acids is 1. The van der Waals surface area contributed by atoms with E-state index >= 15 is 0 Å². The largest absolute Gasteiger partial charge is 0.320 e. The van der Waals surface area contributed by atoms with Crippen molar-refractivity contribution in [2.24, 2.45) is 9.78 Å². The maximum Gasteiger partial charge on any atom is 0.274 e. The van der Waals surface area contributed by atoms with Gasteiger partial charge in [0.1, 0.15) is 16.2 Å². The van der Waals surface area contributed by atoms with E-state index in [1.807, 2.05) is 0 Å². The van der Waals surface area contributed by atoms with Crippen LogP contribution in [0.3, 0.4) is 0 Å². The van der Waals surface area contributed by atoms with Crippen LogP contribution in [0.15, 0.2) is 45.9 Å². The van der Waals surface area contributed by atoms with Gasteiger partial charge in [-0.15, -0.1) is 0 Å². The normalized spacial score (nSPS) is 18.4. The zero-order chi connectivity index (χ0) is 24.9. The van der Waals surface area contributed by atoms with Crippen LogP contribution in [0, 0.1) is 5.41 Å². The molecular formula is C22H23F4N5O2S. The Hall–Kier alpha value is -3.02. The lowest BCUT2D eigenvalue weighted by molar-refractivity contribution is -0.159. The average Bonchev–Trinajstić information content (AvgIpc) is 3.09. The maximum atomic E-state index is 13.6. The number of aromatic nitrogens is 3. The number of alkyl halides is 4. The van der Waals surface area contributed by atoms with Crippen molar-refractivity contribution in [1.29, 1.82) is 0 Å². The number of anilines is 1. The second kappa shape index (κ2) is 8.33. The Morgan fingerprint density at radius 3 is 2.62 bits per heavy atom. The molecule has 1 saturated carbocycles. The summed E-state index contributed by atoms with van der Waals surface area (Å²) in [5.74, 6) is -3.47. The minimum atomic E-state index is -2.83. The smallest absolute Gasteiger partial charge is 0.274 e. The molecule has 1 atom stereocenters. The lowest BCUT2D eigenvalue weighted by Crippen LogP contribution is -2.47. The molecule has 1 fully saturated rings. The van der Waals surface area contributed by atoms with Gasteiger partial charge >= 0.3 is 0 Å². The van der Waals surface area contributed by atoms with Crippen molar-refractivity contribution < 1.29 is 26.6 Å². The van der Waals surface area contributed by atoms with Gasteiger partial charge in [-0.05, 0) is 17.5 Å². The Bertz CT molecular complexity index is 1390. The van der Waals surface area contributed by atoms with Gasteiger partial charge in [0.25, 0.3) is 12.3 Å². The van der Waals surface area contributed by atoms with Gasteiger partial charge in [-0.1, -0.05) is 25.1 Å². The average molecular weight is 498 g/mol. The molecule has 0 spiro atoms. The summed E-state index contributed by atoms with van der Waals surface area (Å²) in [7, 11) is -1.36. The van der Waals surface area contributed by atoms with Crippen molar-refractivity contribution in [2.45, 2.75) is 43.7 Å². The summed E-state index contributed by atoms with van der Waals surface area (Å²) >= 11 is 0. The summed E-state index contributed by atoms with van der Waals surface area (Å²) in [6.45, 7) is 1.61. The van der Waals surface area contributed by atoms with E-state index in [0.717, 1.165) is 0 Å². The highest BCUT2D eigenvalue weighted by Gasteiger charge is 2.54. The molecule has 1 aliphatic carbocycles. The summed E-state index contributed by atoms with van der Waals surface area (Å²) in [4.78, 5) is 17.4. The number of hydrogen-bond donors (Lipinski definition) is 1. The summed E-state index contributed by atoms with van der Waals surface area (Å²) < 4.78 is 71.9. The first-order valence-corrected chi connectivity index (χ1v) is 12.3. The highest BCUT2D eigenvalue weighted by Crippen LogP contribution is 2.52. The van der Waals surface area contributed by atoms with Crippen molar-refractivity contribution in [2.75, 3.05) is 18.6 Å². The van der Waals surface area contributed by atoms with E-state index in [1.165, 1.54) is 54.5 Å². The fraction of sp³-hybridized carbons (Fsp3) is 0.409. The third-order valence-corrected chi connectivity index (χ3v) is 7.58. The summed E-state index contributed by atoms with van der Waals surface area (Å²) in [5.41, 5.74) is -1.01. The van der Waals surface area contributed by atoms with Gasteiger partial charge in [0.2, 0.25) is 5.92 Å². The van der Waals surface area contributed by atoms with Crippen molar-refractivity contribution in [1.82, 2.24) is 14.8 Å². The van der Waals surface area contributed by atoms with E-state index in [-0.39, 0.29) is 39.4 Å². The molecule has 1 unspecified atom stereocenters. The van der Waals surface area contributed by atoms with E-state index < -0.39 is 46.2 Å². The number of amides is 1. The number of benzene rings is 1. The molecule has 1 N–H and O–H groups in total. The number of pyridine rings is 1. The molecule has 1 aliphatic rings. The van der Waals surface area contributed by atoms with Crippen LogP contribution < -0.4 is 5.32 Å². The molecule has 4 rings (SSSR count). The molecule has 0 radical (unpaired) electrons. The van der Waals surface area contributed by atoms with Gasteiger partial charge in [0, 0.05) is 55.5 Å². The Kier molecular flexibility index (Phi) is 5.91. The van der Waals surface area contributed by atoms with Crippen LogP contribution in [0.1, 0.15) is 42.2 Å². The molecule has 0 bridgehead atoms. The van der Waals surface area contributed by atoms with Crippen LogP contribution >= 0.6 is 0 Å². The first kappa shape index (κ1) is 24.1. The molecule has 1 amide bonds. The zero-order valence-electron chi connectivity index (χ0n) is 18.7. The maximum absolute atomic E-state index is 13.6. The number of halogens is 4. The molecule has 0 saturated heterocycles. The SMILES string of the molecule is CN=S(C)(=O)c1cc(NC(=O)c2c3cccc(C(F)F)c3nn2CC2(C)CC(F)(F)C2)ccn1. The van der Waals surface area contributed by atoms with Gasteiger partial charge in [0.05, 0.1) is 9.73 Å². The zero-order valence-corrected chi connectivity index (χ0v) is 19.5. The first-order chi connectivity index (χ1) is 15.8. The predicted molar refractivity (Wildman–Crippen MR) is 120 cm³/mol. The van der Waals surface area contributed by atoms with E-state index in [2.05, 4.69) is 19.8 Å². The van der Waals surface area contributed by atoms with Crippen LogP contribution in [0.25, 0.3) is 10.9 Å². The Morgan fingerprint density at radius 2 is 2.00 bits per heavy atom. The minimum absolute atomic E-state index is 0.0234. The Morgan fingerprint density at radius 1 is 1.29 bits per heavy atom. The molecule has 182 valence electrons. The van der Waals surface area contributed by atoms with Crippen molar-refractivity contribution >= 4 is 32.2 Å². The molecule has 2 heterocycles. The summed E-state index contributed by atoms with van der Waals surface area (Å²) in [6.07, 6.45) is -0.841. The van der Waals surface area contributed by atoms with E-state index in [1.54, 1.807) is 6.92 Å². The molecule has 3 aromatic rings. The van der Waals surface area contributed by atoms with E-state index in [4.69, 9.17) is 0 Å². The van der Waals surface area contributed by atoms with Gasteiger partial charge in [-0.3, -0.25) is 9.48 Å². The lowest BCUT2D eigenvalue weighted by Gasteiger charge is -2.44. The van der Waals surface area contributed by atoms with Gasteiger partial charge in [0.15, 0.2) is 0 Å². The summed E-state index contributed by atoms with van der Waals surface area (Å²) in [6, 6.07) is 6.99. The molecule has 0 aliphatic heterocycles. The van der Waals surface area contributed by atoms with Crippen molar-refractivity contribution in [3.63, 3.8) is 0 Å². The fourth-order valence-corrected chi connectivity index (χ4v) is 5.14. The van der Waals surface area contributed by atoms with Crippen LogP contribution in [-0.4, -0.2) is 44.1 Å². The molecule has 1 aromatic carbocycles. The van der Waals surface area contributed by atoms with Gasteiger partial charge < -0.3 is 5.32 Å². The van der Waals surface area contributed by atoms with Crippen LogP contribution in [0.5, 0.6) is 0 Å². The van der Waals surface area contributed by atoms with Crippen molar-refractivity contribution in [3.8, 4) is 0 Å². The van der Waals surface area contributed by atoms with Crippen LogP contribution in [0.2, 0.25) is 0 Å². The number of nitrogens with one attached hydrogen (secondary N) is 1. The lowest BCUT2D eigenvalue weighted by atomic mass is 9.67. The Labute approximate surface area is 193 Å². The number of hydrogen-bond acceptors (Lipinski definition) is 5. The topological polar surface area (TPSA) is 89.2 Å². The number of rotatable bonds is 6. The highest BCUT2D eigenvalue weighted by atomic mass is 32.2. The van der Waals surface area contributed by atoms with Crippen molar-refractivity contribution in [3.05, 3.63) is 47.8 Å². The highest BCUT2D eigenvalue weighted by molar-refractivity contribution is 7.92. The number of nitrogens with zero attached hydrogens (tertiary/aromatic N) is 4. The molecule has 12 heteroatoms. The molecule has 2 aromatic heterocycles. The number of fused-ring (bicyclic) bond motifs is 1. The third-order valence-electron chi connectivity index (χ3n) is 5.88. The monoisotopic (exact) mass is 497 g/mol. The predicted octanol–water partition coefficient (Wildman–Crippen LogP) is 5.14. The molecular weight excluding hydrogens is 474 g/mol. The third kappa shape index (κ3) is 4.50. The number of carbonyl (C=O) groups is 1.